The van der Waals surface area contributed by atoms with Gasteiger partial charge in [-0.2, -0.15) is 0 Å². The summed E-state index contributed by atoms with van der Waals surface area (Å²) in [5.41, 5.74) is 0. The normalized spacial score (nSPS) is 18.2. The average molecular weight is 304 g/mol. The van der Waals surface area contributed by atoms with Crippen LogP contribution < -0.4 is 5.32 Å². The highest BCUT2D eigenvalue weighted by Crippen LogP contribution is 2.25. The Hall–Kier alpha value is -1.81. The summed E-state index contributed by atoms with van der Waals surface area (Å²) in [6, 6.07) is 10.2. The lowest BCUT2D eigenvalue weighted by Crippen LogP contribution is -2.31. The summed E-state index contributed by atoms with van der Waals surface area (Å²) in [5, 5.41) is 5.93. The van der Waals surface area contributed by atoms with Crippen LogP contribution in [0, 0.1) is 0 Å². The van der Waals surface area contributed by atoms with E-state index in [1.165, 1.54) is 0 Å². The summed E-state index contributed by atoms with van der Waals surface area (Å²) < 4.78 is 0. The number of hydrogen-bond acceptors (Lipinski definition) is 3. The number of rotatable bonds is 3. The first-order chi connectivity index (χ1) is 10.2. The molecule has 0 radical (unpaired) electrons. The first-order valence-corrected chi connectivity index (χ1v) is 7.64. The van der Waals surface area contributed by atoms with Gasteiger partial charge in [0.25, 0.3) is 0 Å². The molecule has 3 rings (SSSR count). The van der Waals surface area contributed by atoms with Gasteiger partial charge in [-0.1, -0.05) is 42.8 Å². The molecule has 1 aromatic heterocycles. The second-order valence-electron chi connectivity index (χ2n) is 5.34. The van der Waals surface area contributed by atoms with Crippen molar-refractivity contribution in [2.24, 2.45) is 0 Å². The van der Waals surface area contributed by atoms with E-state index in [0.29, 0.717) is 11.6 Å². The predicted molar refractivity (Wildman–Crippen MR) is 85.7 cm³/mol. The number of carbonyl (C=O) groups is 1. The van der Waals surface area contributed by atoms with Crippen LogP contribution in [0.25, 0.3) is 10.8 Å². The maximum absolute atomic E-state index is 11.7. The number of nitrogens with zero attached hydrogens (tertiary/aromatic N) is 2. The zero-order valence-corrected chi connectivity index (χ0v) is 12.7. The van der Waals surface area contributed by atoms with Crippen LogP contribution in [0.5, 0.6) is 0 Å². The van der Waals surface area contributed by atoms with Crippen molar-refractivity contribution in [2.45, 2.75) is 25.8 Å². The fourth-order valence-corrected chi connectivity index (χ4v) is 3.03. The maximum atomic E-state index is 11.7. The second-order valence-corrected chi connectivity index (χ2v) is 5.70. The molecule has 1 unspecified atom stereocenters. The number of pyridine rings is 1. The van der Waals surface area contributed by atoms with Gasteiger partial charge in [0.2, 0.25) is 5.91 Å². The number of fused-ring (bicyclic) bond motifs is 1. The number of hydrogen-bond donors (Lipinski definition) is 1. The van der Waals surface area contributed by atoms with Gasteiger partial charge < -0.3 is 10.2 Å². The van der Waals surface area contributed by atoms with Gasteiger partial charge in [-0.25, -0.2) is 4.98 Å². The molecule has 1 atom stereocenters. The van der Waals surface area contributed by atoms with E-state index >= 15 is 0 Å². The first kappa shape index (κ1) is 14.1. The minimum absolute atomic E-state index is 0.212. The van der Waals surface area contributed by atoms with Gasteiger partial charge in [-0.05, 0) is 17.9 Å². The SMILES string of the molecule is CCC(=O)N1CCC(Nc2cc3ccccc3c(Cl)n2)C1. The lowest BCUT2D eigenvalue weighted by Gasteiger charge is -2.17. The quantitative estimate of drug-likeness (QED) is 0.885. The fraction of sp³-hybridized carbons (Fsp3) is 0.375. The Morgan fingerprint density at radius 3 is 3.10 bits per heavy atom. The van der Waals surface area contributed by atoms with Gasteiger partial charge in [0.05, 0.1) is 0 Å². The largest absolute Gasteiger partial charge is 0.365 e. The lowest BCUT2D eigenvalue weighted by molar-refractivity contribution is -0.129. The Morgan fingerprint density at radius 1 is 1.48 bits per heavy atom. The summed E-state index contributed by atoms with van der Waals surface area (Å²) >= 11 is 6.23. The topological polar surface area (TPSA) is 45.2 Å². The Balaban J connectivity index is 1.75. The van der Waals surface area contributed by atoms with E-state index in [4.69, 9.17) is 11.6 Å². The van der Waals surface area contributed by atoms with Crippen molar-refractivity contribution in [1.29, 1.82) is 0 Å². The molecule has 1 aliphatic heterocycles. The number of nitrogens with one attached hydrogen (secondary N) is 1. The Bertz CT molecular complexity index is 674. The first-order valence-electron chi connectivity index (χ1n) is 7.27. The summed E-state index contributed by atoms with van der Waals surface area (Å²) in [5.74, 6) is 0.985. The molecule has 110 valence electrons. The minimum atomic E-state index is 0.212. The maximum Gasteiger partial charge on any atom is 0.222 e. The highest BCUT2D eigenvalue weighted by molar-refractivity contribution is 6.34. The van der Waals surface area contributed by atoms with Gasteiger partial charge in [0.15, 0.2) is 0 Å². The zero-order chi connectivity index (χ0) is 14.8. The molecule has 21 heavy (non-hydrogen) atoms. The zero-order valence-electron chi connectivity index (χ0n) is 12.0. The number of amides is 1. The molecule has 4 nitrogen and oxygen atoms in total. The van der Waals surface area contributed by atoms with Crippen LogP contribution in [-0.4, -0.2) is 34.9 Å². The number of likely N-dealkylation sites (tertiary alicyclic amines) is 1. The number of aromatic nitrogens is 1. The molecule has 0 bridgehead atoms. The van der Waals surface area contributed by atoms with Crippen LogP contribution in [0.4, 0.5) is 5.82 Å². The summed E-state index contributed by atoms with van der Waals surface area (Å²) in [7, 11) is 0. The molecule has 1 aromatic carbocycles. The predicted octanol–water partition coefficient (Wildman–Crippen LogP) is 3.31. The fourth-order valence-electron chi connectivity index (χ4n) is 2.77. The van der Waals surface area contributed by atoms with Crippen molar-refractivity contribution in [3.63, 3.8) is 0 Å². The molecule has 1 amide bonds. The van der Waals surface area contributed by atoms with E-state index in [1.807, 2.05) is 42.2 Å². The molecule has 1 fully saturated rings. The molecule has 0 saturated carbocycles. The van der Waals surface area contributed by atoms with E-state index in [1.54, 1.807) is 0 Å². The molecule has 2 heterocycles. The number of benzene rings is 1. The Kier molecular flexibility index (Phi) is 3.97. The smallest absolute Gasteiger partial charge is 0.222 e. The minimum Gasteiger partial charge on any atom is -0.365 e. The third-order valence-electron chi connectivity index (χ3n) is 3.89. The Labute approximate surface area is 129 Å². The van der Waals surface area contributed by atoms with Gasteiger partial charge >= 0.3 is 0 Å². The molecule has 0 spiro atoms. The third-order valence-corrected chi connectivity index (χ3v) is 4.18. The molecular formula is C16H18ClN3O. The van der Waals surface area contributed by atoms with Crippen LogP contribution in [-0.2, 0) is 4.79 Å². The van der Waals surface area contributed by atoms with Crippen molar-refractivity contribution in [2.75, 3.05) is 18.4 Å². The molecular weight excluding hydrogens is 286 g/mol. The van der Waals surface area contributed by atoms with Crippen molar-refractivity contribution >= 4 is 34.1 Å². The summed E-state index contributed by atoms with van der Waals surface area (Å²) in [6.45, 7) is 3.44. The third kappa shape index (κ3) is 2.95. The Morgan fingerprint density at radius 2 is 2.29 bits per heavy atom. The number of anilines is 1. The van der Waals surface area contributed by atoms with E-state index in [2.05, 4.69) is 10.3 Å². The average Bonchev–Trinajstić information content (AvgIpc) is 2.95. The van der Waals surface area contributed by atoms with Crippen LogP contribution in [0.3, 0.4) is 0 Å². The summed E-state index contributed by atoms with van der Waals surface area (Å²) in [6.07, 6.45) is 1.50. The summed E-state index contributed by atoms with van der Waals surface area (Å²) in [4.78, 5) is 18.0. The molecule has 2 aromatic rings. The molecule has 5 heteroatoms. The van der Waals surface area contributed by atoms with Gasteiger partial charge in [0, 0.05) is 30.9 Å². The monoisotopic (exact) mass is 303 g/mol. The highest BCUT2D eigenvalue weighted by Gasteiger charge is 2.25. The van der Waals surface area contributed by atoms with Crippen LogP contribution in [0.2, 0.25) is 5.15 Å². The van der Waals surface area contributed by atoms with Crippen molar-refractivity contribution in [3.8, 4) is 0 Å². The van der Waals surface area contributed by atoms with Gasteiger partial charge in [-0.15, -0.1) is 0 Å². The van der Waals surface area contributed by atoms with E-state index < -0.39 is 0 Å². The van der Waals surface area contributed by atoms with Crippen molar-refractivity contribution in [1.82, 2.24) is 9.88 Å². The van der Waals surface area contributed by atoms with Crippen LogP contribution in [0.15, 0.2) is 30.3 Å². The second kappa shape index (κ2) is 5.90. The van der Waals surface area contributed by atoms with Gasteiger partial charge in [0.1, 0.15) is 11.0 Å². The lowest BCUT2D eigenvalue weighted by atomic mass is 10.2. The van der Waals surface area contributed by atoms with E-state index in [0.717, 1.165) is 36.1 Å². The van der Waals surface area contributed by atoms with Gasteiger partial charge in [-0.3, -0.25) is 4.79 Å². The molecule has 0 aliphatic carbocycles. The molecule has 1 aliphatic rings. The highest BCUT2D eigenvalue weighted by atomic mass is 35.5. The molecule has 1 N–H and O–H groups in total. The van der Waals surface area contributed by atoms with Crippen molar-refractivity contribution in [3.05, 3.63) is 35.5 Å². The standard InChI is InChI=1S/C16H18ClN3O/c1-2-15(21)20-8-7-12(10-20)18-14-9-11-5-3-4-6-13(11)16(17)19-14/h3-6,9,12H,2,7-8,10H2,1H3,(H,18,19). The number of halogens is 1. The van der Waals surface area contributed by atoms with E-state index in [9.17, 15) is 4.79 Å². The van der Waals surface area contributed by atoms with E-state index in [-0.39, 0.29) is 11.9 Å². The van der Waals surface area contributed by atoms with Crippen molar-refractivity contribution < 1.29 is 4.79 Å². The van der Waals surface area contributed by atoms with Crippen LogP contribution in [0.1, 0.15) is 19.8 Å². The molecule has 1 saturated heterocycles. The number of carbonyl (C=O) groups excluding carboxylic acids is 1. The van der Waals surface area contributed by atoms with Crippen LogP contribution >= 0.6 is 11.6 Å².